The number of carbonyl (C=O) groups excluding carboxylic acids is 3. The third-order valence-corrected chi connectivity index (χ3v) is 4.45. The number of aromatic amines is 1. The Balaban J connectivity index is 1.63. The van der Waals surface area contributed by atoms with Crippen molar-refractivity contribution >= 4 is 28.9 Å². The zero-order valence-electron chi connectivity index (χ0n) is 13.8. The van der Waals surface area contributed by atoms with Gasteiger partial charge in [0.15, 0.2) is 0 Å². The SMILES string of the molecule is CC1(c2ccccc2)NC(=O)N(NC(=O)c2cccc3[nH]cnc23)C1=O. The van der Waals surface area contributed by atoms with E-state index in [1.54, 1.807) is 49.4 Å². The molecule has 0 spiro atoms. The van der Waals surface area contributed by atoms with Gasteiger partial charge < -0.3 is 10.3 Å². The number of imide groups is 1. The van der Waals surface area contributed by atoms with Crippen molar-refractivity contribution in [2.45, 2.75) is 12.5 Å². The van der Waals surface area contributed by atoms with Crippen molar-refractivity contribution in [1.82, 2.24) is 25.7 Å². The third kappa shape index (κ3) is 2.31. The fraction of sp³-hybridized carbons (Fsp3) is 0.111. The van der Waals surface area contributed by atoms with Crippen LogP contribution >= 0.6 is 0 Å². The van der Waals surface area contributed by atoms with Crippen LogP contribution in [0.25, 0.3) is 11.0 Å². The highest BCUT2D eigenvalue weighted by atomic mass is 16.2. The van der Waals surface area contributed by atoms with E-state index in [-0.39, 0.29) is 5.56 Å². The lowest BCUT2D eigenvalue weighted by Crippen LogP contribution is -2.48. The summed E-state index contributed by atoms with van der Waals surface area (Å²) in [4.78, 5) is 44.8. The summed E-state index contributed by atoms with van der Waals surface area (Å²) in [6, 6.07) is 13.2. The van der Waals surface area contributed by atoms with Gasteiger partial charge in [-0.2, -0.15) is 5.01 Å². The number of hydrazine groups is 1. The molecule has 0 radical (unpaired) electrons. The van der Waals surface area contributed by atoms with E-state index in [9.17, 15) is 14.4 Å². The Morgan fingerprint density at radius 1 is 1.12 bits per heavy atom. The number of nitrogens with zero attached hydrogens (tertiary/aromatic N) is 2. The molecule has 3 aromatic rings. The molecule has 1 aromatic heterocycles. The highest BCUT2D eigenvalue weighted by Crippen LogP contribution is 2.27. The topological polar surface area (TPSA) is 107 Å². The van der Waals surface area contributed by atoms with Crippen molar-refractivity contribution in [2.75, 3.05) is 0 Å². The van der Waals surface area contributed by atoms with Crippen LogP contribution in [0, 0.1) is 0 Å². The molecule has 4 amide bonds. The minimum atomic E-state index is -1.25. The molecule has 1 saturated heterocycles. The molecule has 1 fully saturated rings. The number of H-pyrrole nitrogens is 1. The largest absolute Gasteiger partial charge is 0.345 e. The molecule has 130 valence electrons. The van der Waals surface area contributed by atoms with Crippen LogP contribution in [0.4, 0.5) is 4.79 Å². The lowest BCUT2D eigenvalue weighted by Gasteiger charge is -2.22. The van der Waals surface area contributed by atoms with Crippen molar-refractivity contribution < 1.29 is 14.4 Å². The molecule has 26 heavy (non-hydrogen) atoms. The number of fused-ring (bicyclic) bond motifs is 1. The predicted molar refractivity (Wildman–Crippen MR) is 92.7 cm³/mol. The molecule has 0 aliphatic carbocycles. The van der Waals surface area contributed by atoms with Crippen molar-refractivity contribution in [2.24, 2.45) is 0 Å². The summed E-state index contributed by atoms with van der Waals surface area (Å²) in [6.45, 7) is 1.60. The first kappa shape index (κ1) is 15.8. The van der Waals surface area contributed by atoms with Crippen molar-refractivity contribution in [3.05, 3.63) is 66.0 Å². The van der Waals surface area contributed by atoms with Crippen LogP contribution in [0.1, 0.15) is 22.8 Å². The van der Waals surface area contributed by atoms with E-state index >= 15 is 0 Å². The van der Waals surface area contributed by atoms with Crippen LogP contribution in [0.5, 0.6) is 0 Å². The van der Waals surface area contributed by atoms with Gasteiger partial charge in [0, 0.05) is 0 Å². The van der Waals surface area contributed by atoms with E-state index in [1.165, 1.54) is 6.33 Å². The van der Waals surface area contributed by atoms with E-state index in [2.05, 4.69) is 20.7 Å². The Morgan fingerprint density at radius 2 is 1.88 bits per heavy atom. The summed E-state index contributed by atoms with van der Waals surface area (Å²) in [7, 11) is 0. The lowest BCUT2D eigenvalue weighted by molar-refractivity contribution is -0.132. The molecule has 3 N–H and O–H groups in total. The summed E-state index contributed by atoms with van der Waals surface area (Å²) < 4.78 is 0. The van der Waals surface area contributed by atoms with Crippen molar-refractivity contribution in [1.29, 1.82) is 0 Å². The number of nitrogens with one attached hydrogen (secondary N) is 3. The molecule has 4 rings (SSSR count). The van der Waals surface area contributed by atoms with Gasteiger partial charge in [-0.3, -0.25) is 15.0 Å². The smallest absolute Gasteiger partial charge is 0.344 e. The van der Waals surface area contributed by atoms with Gasteiger partial charge in [-0.25, -0.2) is 9.78 Å². The van der Waals surface area contributed by atoms with Gasteiger partial charge in [-0.1, -0.05) is 36.4 Å². The molecule has 2 heterocycles. The first-order valence-electron chi connectivity index (χ1n) is 7.96. The average molecular weight is 349 g/mol. The molecular weight excluding hydrogens is 334 g/mol. The van der Waals surface area contributed by atoms with Crippen LogP contribution in [0.2, 0.25) is 0 Å². The standard InChI is InChI=1S/C18H15N5O3/c1-18(11-6-3-2-4-7-11)16(25)23(17(26)21-18)22-15(24)12-8-5-9-13-14(12)20-10-19-13/h2-10H,1H3,(H,19,20)(H,21,26)(H,22,24). The van der Waals surface area contributed by atoms with Gasteiger partial charge in [0.2, 0.25) is 0 Å². The number of amides is 4. The van der Waals surface area contributed by atoms with Gasteiger partial charge in [-0.15, -0.1) is 0 Å². The Morgan fingerprint density at radius 3 is 2.65 bits per heavy atom. The van der Waals surface area contributed by atoms with Crippen LogP contribution in [0.3, 0.4) is 0 Å². The highest BCUT2D eigenvalue weighted by molar-refractivity contribution is 6.11. The molecule has 2 aromatic carbocycles. The maximum atomic E-state index is 12.8. The highest BCUT2D eigenvalue weighted by Gasteiger charge is 2.50. The normalized spacial score (nSPS) is 19.7. The molecule has 8 nitrogen and oxygen atoms in total. The Labute approximate surface area is 148 Å². The molecule has 1 atom stereocenters. The first-order chi connectivity index (χ1) is 12.5. The molecule has 8 heteroatoms. The van der Waals surface area contributed by atoms with Crippen LogP contribution in [-0.2, 0) is 10.3 Å². The number of imidazole rings is 1. The second-order valence-electron chi connectivity index (χ2n) is 6.11. The van der Waals surface area contributed by atoms with Gasteiger partial charge in [0.25, 0.3) is 11.8 Å². The average Bonchev–Trinajstić information content (AvgIpc) is 3.21. The maximum absolute atomic E-state index is 12.8. The predicted octanol–water partition coefficient (Wildman–Crippen LogP) is 1.67. The van der Waals surface area contributed by atoms with Crippen molar-refractivity contribution in [3.63, 3.8) is 0 Å². The van der Waals surface area contributed by atoms with Gasteiger partial charge in [-0.05, 0) is 24.6 Å². The fourth-order valence-electron chi connectivity index (χ4n) is 3.02. The van der Waals surface area contributed by atoms with Crippen LogP contribution < -0.4 is 10.7 Å². The van der Waals surface area contributed by atoms with Crippen LogP contribution in [0.15, 0.2) is 54.9 Å². The molecular formula is C18H15N5O3. The Kier molecular flexibility index (Phi) is 3.47. The molecule has 1 aliphatic heterocycles. The molecule has 0 saturated carbocycles. The maximum Gasteiger partial charge on any atom is 0.344 e. The summed E-state index contributed by atoms with van der Waals surface area (Å²) in [5, 5.41) is 3.35. The second kappa shape index (κ2) is 5.69. The quantitative estimate of drug-likeness (QED) is 0.625. The van der Waals surface area contributed by atoms with Gasteiger partial charge >= 0.3 is 6.03 Å². The van der Waals surface area contributed by atoms with Gasteiger partial charge in [0.1, 0.15) is 11.1 Å². The van der Waals surface area contributed by atoms with E-state index in [4.69, 9.17) is 0 Å². The zero-order valence-corrected chi connectivity index (χ0v) is 13.8. The number of rotatable bonds is 3. The minimum Gasteiger partial charge on any atom is -0.345 e. The lowest BCUT2D eigenvalue weighted by atomic mass is 9.92. The number of carbonyl (C=O) groups is 3. The third-order valence-electron chi connectivity index (χ3n) is 4.45. The minimum absolute atomic E-state index is 0.262. The van der Waals surface area contributed by atoms with E-state index in [1.807, 2.05) is 6.07 Å². The van der Waals surface area contributed by atoms with Crippen molar-refractivity contribution in [3.8, 4) is 0 Å². The summed E-state index contributed by atoms with van der Waals surface area (Å²) in [5.41, 5.74) is 3.17. The summed E-state index contributed by atoms with van der Waals surface area (Å²) in [5.74, 6) is -1.15. The van der Waals surface area contributed by atoms with E-state index in [0.717, 1.165) is 0 Å². The number of hydrogen-bond acceptors (Lipinski definition) is 4. The monoisotopic (exact) mass is 349 g/mol. The Bertz CT molecular complexity index is 1030. The molecule has 0 bridgehead atoms. The number of benzene rings is 2. The van der Waals surface area contributed by atoms with E-state index in [0.29, 0.717) is 21.6 Å². The molecule has 1 unspecified atom stereocenters. The Hall–Kier alpha value is -3.68. The number of urea groups is 1. The van der Waals surface area contributed by atoms with Gasteiger partial charge in [0.05, 0.1) is 17.4 Å². The fourth-order valence-corrected chi connectivity index (χ4v) is 3.02. The number of para-hydroxylation sites is 1. The molecule has 1 aliphatic rings. The second-order valence-corrected chi connectivity index (χ2v) is 6.11. The first-order valence-corrected chi connectivity index (χ1v) is 7.96. The van der Waals surface area contributed by atoms with E-state index < -0.39 is 23.4 Å². The number of hydrogen-bond donors (Lipinski definition) is 3. The van der Waals surface area contributed by atoms with Crippen LogP contribution in [-0.4, -0.2) is 32.8 Å². The summed E-state index contributed by atoms with van der Waals surface area (Å²) in [6.07, 6.45) is 1.47. The number of aromatic nitrogens is 2. The summed E-state index contributed by atoms with van der Waals surface area (Å²) >= 11 is 0. The zero-order chi connectivity index (χ0) is 18.3.